The second-order valence-corrected chi connectivity index (χ2v) is 9.18. The summed E-state index contributed by atoms with van der Waals surface area (Å²) in [6.45, 7) is 9.29. The van der Waals surface area contributed by atoms with E-state index in [0.29, 0.717) is 18.8 Å². The minimum atomic E-state index is -0.867. The van der Waals surface area contributed by atoms with Gasteiger partial charge in [-0.25, -0.2) is 0 Å². The summed E-state index contributed by atoms with van der Waals surface area (Å²) >= 11 is 0. The van der Waals surface area contributed by atoms with Crippen LogP contribution in [0.2, 0.25) is 0 Å². The normalized spacial score (nSPS) is 33.7. The van der Waals surface area contributed by atoms with Gasteiger partial charge in [0.2, 0.25) is 0 Å². The molecule has 1 N–H and O–H groups in total. The summed E-state index contributed by atoms with van der Waals surface area (Å²) in [4.78, 5) is 24.0. The van der Waals surface area contributed by atoms with Crippen LogP contribution in [0.3, 0.4) is 0 Å². The van der Waals surface area contributed by atoms with Gasteiger partial charge < -0.3 is 14.6 Å². The highest BCUT2D eigenvalue weighted by Gasteiger charge is 2.40. The molecule has 3 unspecified atom stereocenters. The van der Waals surface area contributed by atoms with Crippen molar-refractivity contribution in [2.75, 3.05) is 6.61 Å². The van der Waals surface area contributed by atoms with Crippen LogP contribution >= 0.6 is 0 Å². The van der Waals surface area contributed by atoms with Gasteiger partial charge in [0.25, 0.3) is 0 Å². The minimum absolute atomic E-state index is 0.0892. The number of hydrogen-bond donors (Lipinski definition) is 1. The molecule has 25 heavy (non-hydrogen) atoms. The lowest BCUT2D eigenvalue weighted by Gasteiger charge is -2.34. The largest absolute Gasteiger partial charge is 0.481 e. The third-order valence-electron chi connectivity index (χ3n) is 5.39. The molecule has 0 amide bonds. The molecule has 2 saturated carbocycles. The molecule has 0 aromatic heterocycles. The van der Waals surface area contributed by atoms with E-state index in [2.05, 4.69) is 27.7 Å². The molecule has 2 rings (SSSR count). The smallest absolute Gasteiger partial charge is 0.310 e. The van der Waals surface area contributed by atoms with Crippen molar-refractivity contribution in [3.05, 3.63) is 0 Å². The lowest BCUT2D eigenvalue weighted by Crippen LogP contribution is -2.38. The fourth-order valence-corrected chi connectivity index (χ4v) is 3.87. The molecule has 0 aliphatic heterocycles. The first-order chi connectivity index (χ1) is 11.7. The number of carbonyl (C=O) groups is 2. The van der Waals surface area contributed by atoms with Crippen LogP contribution in [-0.2, 0) is 19.1 Å². The first kappa shape index (κ1) is 20.2. The molecule has 0 aromatic rings. The van der Waals surface area contributed by atoms with Gasteiger partial charge in [0, 0.05) is 0 Å². The van der Waals surface area contributed by atoms with Gasteiger partial charge in [-0.15, -0.1) is 0 Å². The van der Waals surface area contributed by atoms with Crippen LogP contribution in [0.5, 0.6) is 0 Å². The van der Waals surface area contributed by atoms with Crippen LogP contribution in [0.15, 0.2) is 0 Å². The second-order valence-electron chi connectivity index (χ2n) is 9.18. The Hall–Kier alpha value is -1.10. The standard InChI is InChI=1S/C20H34O5/c1-13-5-10-16(18(21)22)17(11-13)19(23)25-15-8-6-14(7-9-15)24-12-20(2,3)4/h13-17H,5-12H2,1-4H3,(H,21,22). The number of esters is 1. The van der Waals surface area contributed by atoms with Crippen molar-refractivity contribution >= 4 is 11.9 Å². The predicted octanol–water partition coefficient (Wildman–Crippen LogP) is 4.04. The Morgan fingerprint density at radius 1 is 0.960 bits per heavy atom. The molecule has 0 spiro atoms. The van der Waals surface area contributed by atoms with E-state index in [-0.39, 0.29) is 23.6 Å². The van der Waals surface area contributed by atoms with Crippen molar-refractivity contribution in [1.29, 1.82) is 0 Å². The molecular formula is C20H34O5. The zero-order chi connectivity index (χ0) is 18.6. The van der Waals surface area contributed by atoms with Crippen LogP contribution in [0, 0.1) is 23.2 Å². The maximum Gasteiger partial charge on any atom is 0.310 e. The molecule has 0 radical (unpaired) electrons. The van der Waals surface area contributed by atoms with Crippen molar-refractivity contribution < 1.29 is 24.2 Å². The highest BCUT2D eigenvalue weighted by molar-refractivity contribution is 5.81. The van der Waals surface area contributed by atoms with Gasteiger partial charge in [-0.1, -0.05) is 27.7 Å². The monoisotopic (exact) mass is 354 g/mol. The molecule has 5 heteroatoms. The summed E-state index contributed by atoms with van der Waals surface area (Å²) in [6.07, 6.45) is 5.64. The minimum Gasteiger partial charge on any atom is -0.481 e. The lowest BCUT2D eigenvalue weighted by atomic mass is 9.74. The lowest BCUT2D eigenvalue weighted by molar-refractivity contribution is -0.166. The fourth-order valence-electron chi connectivity index (χ4n) is 3.87. The summed E-state index contributed by atoms with van der Waals surface area (Å²) in [6, 6.07) is 0. The summed E-state index contributed by atoms with van der Waals surface area (Å²) in [5, 5.41) is 9.38. The Balaban J connectivity index is 1.80. The summed E-state index contributed by atoms with van der Waals surface area (Å²) in [5.41, 5.74) is 0.160. The molecule has 0 saturated heterocycles. The van der Waals surface area contributed by atoms with Gasteiger partial charge in [-0.2, -0.15) is 0 Å². The van der Waals surface area contributed by atoms with E-state index in [1.54, 1.807) is 0 Å². The zero-order valence-corrected chi connectivity index (χ0v) is 16.1. The van der Waals surface area contributed by atoms with Gasteiger partial charge in [0.05, 0.1) is 24.5 Å². The van der Waals surface area contributed by atoms with E-state index in [4.69, 9.17) is 9.47 Å². The van der Waals surface area contributed by atoms with Crippen LogP contribution in [0.4, 0.5) is 0 Å². The highest BCUT2D eigenvalue weighted by atomic mass is 16.5. The summed E-state index contributed by atoms with van der Waals surface area (Å²) < 4.78 is 11.7. The first-order valence-electron chi connectivity index (χ1n) is 9.70. The quantitative estimate of drug-likeness (QED) is 0.754. The SMILES string of the molecule is CC1CCC(C(=O)O)C(C(=O)OC2CCC(OCC(C)(C)C)CC2)C1. The Morgan fingerprint density at radius 2 is 1.56 bits per heavy atom. The molecule has 2 aliphatic rings. The molecule has 144 valence electrons. The predicted molar refractivity (Wildman–Crippen MR) is 95.2 cm³/mol. The topological polar surface area (TPSA) is 72.8 Å². The third kappa shape index (κ3) is 6.28. The summed E-state index contributed by atoms with van der Waals surface area (Å²) in [5.74, 6) is -1.87. The number of rotatable bonds is 5. The second kappa shape index (κ2) is 8.52. The van der Waals surface area contributed by atoms with Crippen LogP contribution in [0.25, 0.3) is 0 Å². The molecule has 0 bridgehead atoms. The van der Waals surface area contributed by atoms with Crippen molar-refractivity contribution in [3.8, 4) is 0 Å². The van der Waals surface area contributed by atoms with E-state index >= 15 is 0 Å². The number of carboxylic acid groups (broad SMARTS) is 1. The fraction of sp³-hybridized carbons (Fsp3) is 0.900. The molecule has 0 heterocycles. The Morgan fingerprint density at radius 3 is 2.12 bits per heavy atom. The van der Waals surface area contributed by atoms with Crippen molar-refractivity contribution in [2.45, 2.75) is 84.8 Å². The molecule has 5 nitrogen and oxygen atoms in total. The molecule has 2 aliphatic carbocycles. The van der Waals surface area contributed by atoms with Crippen molar-refractivity contribution in [1.82, 2.24) is 0 Å². The van der Waals surface area contributed by atoms with Crippen molar-refractivity contribution in [2.24, 2.45) is 23.2 Å². The van der Waals surface area contributed by atoms with Crippen LogP contribution < -0.4 is 0 Å². The van der Waals surface area contributed by atoms with Crippen LogP contribution in [0.1, 0.15) is 72.6 Å². The van der Waals surface area contributed by atoms with Gasteiger partial charge in [-0.05, 0) is 56.3 Å². The van der Waals surface area contributed by atoms with E-state index in [0.717, 1.165) is 38.7 Å². The Labute approximate surface area is 151 Å². The molecule has 0 aromatic carbocycles. The van der Waals surface area contributed by atoms with Gasteiger partial charge in [0.15, 0.2) is 0 Å². The van der Waals surface area contributed by atoms with Crippen LogP contribution in [-0.4, -0.2) is 35.9 Å². The third-order valence-corrected chi connectivity index (χ3v) is 5.39. The van der Waals surface area contributed by atoms with E-state index in [1.165, 1.54) is 0 Å². The Bertz CT molecular complexity index is 459. The first-order valence-corrected chi connectivity index (χ1v) is 9.70. The molecule has 3 atom stereocenters. The van der Waals surface area contributed by atoms with Gasteiger partial charge >= 0.3 is 11.9 Å². The van der Waals surface area contributed by atoms with E-state index < -0.39 is 17.8 Å². The summed E-state index contributed by atoms with van der Waals surface area (Å²) in [7, 11) is 0. The maximum atomic E-state index is 12.5. The van der Waals surface area contributed by atoms with Crippen molar-refractivity contribution in [3.63, 3.8) is 0 Å². The number of carboxylic acids is 1. The van der Waals surface area contributed by atoms with E-state index in [9.17, 15) is 14.7 Å². The molecule has 2 fully saturated rings. The van der Waals surface area contributed by atoms with Gasteiger partial charge in [-0.3, -0.25) is 9.59 Å². The highest BCUT2D eigenvalue weighted by Crippen LogP contribution is 2.36. The zero-order valence-electron chi connectivity index (χ0n) is 16.1. The number of carbonyl (C=O) groups excluding carboxylic acids is 1. The number of aliphatic carboxylic acids is 1. The maximum absolute atomic E-state index is 12.5. The average Bonchev–Trinajstić information content (AvgIpc) is 2.53. The number of ether oxygens (including phenoxy) is 2. The molecular weight excluding hydrogens is 320 g/mol. The average molecular weight is 354 g/mol. The van der Waals surface area contributed by atoms with E-state index in [1.807, 2.05) is 0 Å². The van der Waals surface area contributed by atoms with Gasteiger partial charge in [0.1, 0.15) is 6.10 Å². The Kier molecular flexibility index (Phi) is 6.89. The number of hydrogen-bond acceptors (Lipinski definition) is 4.